The summed E-state index contributed by atoms with van der Waals surface area (Å²) in [5.41, 5.74) is 3.46. The van der Waals surface area contributed by atoms with E-state index in [9.17, 15) is 9.59 Å². The van der Waals surface area contributed by atoms with Crippen molar-refractivity contribution in [3.05, 3.63) is 89.7 Å². The predicted octanol–water partition coefficient (Wildman–Crippen LogP) is 6.48. The van der Waals surface area contributed by atoms with E-state index in [1.54, 1.807) is 42.5 Å². The number of benzene rings is 3. The maximum absolute atomic E-state index is 12.3. The van der Waals surface area contributed by atoms with E-state index in [-0.39, 0.29) is 6.61 Å². The van der Waals surface area contributed by atoms with Crippen LogP contribution in [0.4, 0.5) is 0 Å². The Morgan fingerprint density at radius 2 is 1.62 bits per heavy atom. The van der Waals surface area contributed by atoms with Gasteiger partial charge in [-0.3, -0.25) is 4.79 Å². The number of halogens is 4. The van der Waals surface area contributed by atoms with Crippen LogP contribution in [0.2, 0.25) is 0 Å². The molecule has 3 aromatic rings. The molecule has 6 nitrogen and oxygen atoms in total. The van der Waals surface area contributed by atoms with E-state index in [1.165, 1.54) is 6.21 Å². The zero-order valence-corrected chi connectivity index (χ0v) is 22.5. The van der Waals surface area contributed by atoms with Gasteiger partial charge in [0.15, 0.2) is 6.61 Å². The average Bonchev–Trinajstić information content (AvgIpc) is 2.73. The summed E-state index contributed by atoms with van der Waals surface area (Å²) >= 11 is 13.5. The SMILES string of the molecule is O=C(COc1c(Br)cc(Br)cc1Br)N/N=C\c1cccc(OC(=O)c2ccccc2Br)c1. The van der Waals surface area contributed by atoms with Gasteiger partial charge in [0, 0.05) is 8.95 Å². The molecule has 0 spiro atoms. The van der Waals surface area contributed by atoms with Crippen molar-refractivity contribution in [2.24, 2.45) is 5.10 Å². The number of ether oxygens (including phenoxy) is 2. The van der Waals surface area contributed by atoms with Crippen molar-refractivity contribution < 1.29 is 19.1 Å². The molecule has 32 heavy (non-hydrogen) atoms. The molecule has 3 aromatic carbocycles. The lowest BCUT2D eigenvalue weighted by Crippen LogP contribution is -2.24. The summed E-state index contributed by atoms with van der Waals surface area (Å²) in [5, 5.41) is 3.92. The van der Waals surface area contributed by atoms with Crippen LogP contribution in [0.15, 0.2) is 83.7 Å². The largest absolute Gasteiger partial charge is 0.481 e. The van der Waals surface area contributed by atoms with E-state index in [1.807, 2.05) is 18.2 Å². The minimum absolute atomic E-state index is 0.222. The van der Waals surface area contributed by atoms with Crippen LogP contribution in [0.5, 0.6) is 11.5 Å². The number of hydrogen-bond acceptors (Lipinski definition) is 5. The van der Waals surface area contributed by atoms with E-state index >= 15 is 0 Å². The molecule has 3 rings (SSSR count). The number of carbonyl (C=O) groups excluding carboxylic acids is 2. The Labute approximate surface area is 217 Å². The second-order valence-corrected chi connectivity index (χ2v) is 9.70. The van der Waals surface area contributed by atoms with E-state index in [4.69, 9.17) is 9.47 Å². The van der Waals surface area contributed by atoms with Crippen LogP contribution in [0, 0.1) is 0 Å². The third-order valence-corrected chi connectivity index (χ3v) is 6.20. The minimum Gasteiger partial charge on any atom is -0.481 e. The molecule has 0 atom stereocenters. The second-order valence-electron chi connectivity index (χ2n) is 6.22. The van der Waals surface area contributed by atoms with Gasteiger partial charge in [0.25, 0.3) is 5.91 Å². The van der Waals surface area contributed by atoms with E-state index < -0.39 is 11.9 Å². The monoisotopic (exact) mass is 686 g/mol. The van der Waals surface area contributed by atoms with E-state index in [0.29, 0.717) is 36.0 Å². The maximum Gasteiger partial charge on any atom is 0.344 e. The number of hydrogen-bond donors (Lipinski definition) is 1. The average molecular weight is 690 g/mol. The number of esters is 1. The van der Waals surface area contributed by atoms with Crippen molar-refractivity contribution >= 4 is 81.8 Å². The molecule has 1 N–H and O–H groups in total. The fourth-order valence-electron chi connectivity index (χ4n) is 2.46. The van der Waals surface area contributed by atoms with Crippen LogP contribution in [-0.2, 0) is 4.79 Å². The summed E-state index contributed by atoms with van der Waals surface area (Å²) in [6.07, 6.45) is 1.44. The van der Waals surface area contributed by atoms with Gasteiger partial charge in [0.05, 0.1) is 20.7 Å². The number of hydrazone groups is 1. The summed E-state index contributed by atoms with van der Waals surface area (Å²) < 4.78 is 13.9. The van der Waals surface area contributed by atoms with Crippen molar-refractivity contribution in [3.63, 3.8) is 0 Å². The zero-order chi connectivity index (χ0) is 23.1. The van der Waals surface area contributed by atoms with Crippen LogP contribution in [0.1, 0.15) is 15.9 Å². The standard InChI is InChI=1S/C22H14Br4N2O4/c23-14-9-18(25)21(19(26)10-14)31-12-20(29)28-27-11-13-4-3-5-15(8-13)32-22(30)16-6-1-2-7-17(16)24/h1-11H,12H2,(H,28,29)/b27-11-. The zero-order valence-electron chi connectivity index (χ0n) is 16.2. The molecule has 0 bridgehead atoms. The quantitative estimate of drug-likeness (QED) is 0.133. The topological polar surface area (TPSA) is 77.0 Å². The lowest BCUT2D eigenvalue weighted by Gasteiger charge is -2.10. The van der Waals surface area contributed by atoms with Crippen LogP contribution in [0.25, 0.3) is 0 Å². The molecule has 0 aromatic heterocycles. The summed E-state index contributed by atoms with van der Waals surface area (Å²) in [4.78, 5) is 24.4. The molecule has 0 radical (unpaired) electrons. The van der Waals surface area contributed by atoms with Gasteiger partial charge in [0.2, 0.25) is 0 Å². The molecule has 0 heterocycles. The Morgan fingerprint density at radius 1 is 0.906 bits per heavy atom. The molecule has 0 fully saturated rings. The number of nitrogens with one attached hydrogen (secondary N) is 1. The van der Waals surface area contributed by atoms with Crippen LogP contribution >= 0.6 is 63.7 Å². The minimum atomic E-state index is -0.484. The molecular weight excluding hydrogens is 676 g/mol. The van der Waals surface area contributed by atoms with E-state index in [0.717, 1.165) is 4.47 Å². The van der Waals surface area contributed by atoms with Crippen molar-refractivity contribution in [2.75, 3.05) is 6.61 Å². The van der Waals surface area contributed by atoms with Gasteiger partial charge in [0.1, 0.15) is 11.5 Å². The number of amides is 1. The highest BCUT2D eigenvalue weighted by Gasteiger charge is 2.12. The molecule has 10 heteroatoms. The first kappa shape index (κ1) is 24.6. The smallest absolute Gasteiger partial charge is 0.344 e. The number of rotatable bonds is 7. The lowest BCUT2D eigenvalue weighted by molar-refractivity contribution is -0.123. The fourth-order valence-corrected chi connectivity index (χ4v) is 5.40. The Morgan fingerprint density at radius 3 is 2.34 bits per heavy atom. The summed E-state index contributed by atoms with van der Waals surface area (Å²) in [7, 11) is 0. The Bertz CT molecular complexity index is 1160. The van der Waals surface area contributed by atoms with Crippen molar-refractivity contribution in [3.8, 4) is 11.5 Å². The van der Waals surface area contributed by atoms with Gasteiger partial charge in [-0.25, -0.2) is 10.2 Å². The van der Waals surface area contributed by atoms with Gasteiger partial charge in [-0.05, 0) is 89.8 Å². The van der Waals surface area contributed by atoms with Crippen LogP contribution < -0.4 is 14.9 Å². The van der Waals surface area contributed by atoms with E-state index in [2.05, 4.69) is 74.2 Å². The highest BCUT2D eigenvalue weighted by atomic mass is 79.9. The summed E-state index contributed by atoms with van der Waals surface area (Å²) in [6.45, 7) is -0.222. The summed E-state index contributed by atoms with van der Waals surface area (Å²) in [6, 6.07) is 17.4. The molecule has 0 saturated heterocycles. The maximum atomic E-state index is 12.3. The first-order valence-electron chi connectivity index (χ1n) is 8.99. The highest BCUT2D eigenvalue weighted by Crippen LogP contribution is 2.36. The third-order valence-electron chi connectivity index (χ3n) is 3.88. The molecular formula is C22H14Br4N2O4. The van der Waals surface area contributed by atoms with Gasteiger partial charge in [-0.15, -0.1) is 0 Å². The van der Waals surface area contributed by atoms with Gasteiger partial charge in [-0.1, -0.05) is 40.2 Å². The normalized spacial score (nSPS) is 10.8. The first-order chi connectivity index (χ1) is 15.3. The molecule has 1 amide bonds. The fraction of sp³-hybridized carbons (Fsp3) is 0.0455. The lowest BCUT2D eigenvalue weighted by atomic mass is 10.2. The van der Waals surface area contributed by atoms with Crippen molar-refractivity contribution in [1.82, 2.24) is 5.43 Å². The van der Waals surface area contributed by atoms with Crippen LogP contribution in [0.3, 0.4) is 0 Å². The van der Waals surface area contributed by atoms with Gasteiger partial charge >= 0.3 is 5.97 Å². The Kier molecular flexibility index (Phi) is 9.03. The Balaban J connectivity index is 1.55. The molecule has 0 saturated carbocycles. The third kappa shape index (κ3) is 6.99. The second kappa shape index (κ2) is 11.7. The van der Waals surface area contributed by atoms with Crippen LogP contribution in [-0.4, -0.2) is 24.7 Å². The predicted molar refractivity (Wildman–Crippen MR) is 136 cm³/mol. The van der Waals surface area contributed by atoms with Crippen molar-refractivity contribution in [2.45, 2.75) is 0 Å². The highest BCUT2D eigenvalue weighted by molar-refractivity contribution is 9.11. The summed E-state index contributed by atoms with van der Waals surface area (Å²) in [5.74, 6) is -0.0528. The molecule has 0 aliphatic rings. The first-order valence-corrected chi connectivity index (χ1v) is 12.2. The molecule has 0 unspecified atom stereocenters. The Hall–Kier alpha value is -2.01. The van der Waals surface area contributed by atoms with Gasteiger partial charge in [-0.2, -0.15) is 5.10 Å². The van der Waals surface area contributed by atoms with Crippen molar-refractivity contribution in [1.29, 1.82) is 0 Å². The molecule has 164 valence electrons. The number of carbonyl (C=O) groups is 2. The molecule has 0 aliphatic carbocycles. The molecule has 0 aliphatic heterocycles. The van der Waals surface area contributed by atoms with Gasteiger partial charge < -0.3 is 9.47 Å². The number of nitrogens with zero attached hydrogens (tertiary/aromatic N) is 1.